The molecule has 82 valence electrons. The van der Waals surface area contributed by atoms with E-state index < -0.39 is 0 Å². The number of hydrogen-bond donors (Lipinski definition) is 0. The summed E-state index contributed by atoms with van der Waals surface area (Å²) >= 11 is 8.99. The number of rotatable bonds is 3. The summed E-state index contributed by atoms with van der Waals surface area (Å²) in [6, 6.07) is 1.69. The van der Waals surface area contributed by atoms with Gasteiger partial charge in [-0.2, -0.15) is 0 Å². The highest BCUT2D eigenvalue weighted by molar-refractivity contribution is 9.10. The molecule has 0 aliphatic heterocycles. The Kier molecular flexibility index (Phi) is 4.54. The summed E-state index contributed by atoms with van der Waals surface area (Å²) in [6.07, 6.45) is 1.49. The van der Waals surface area contributed by atoms with Crippen LogP contribution < -0.4 is 0 Å². The van der Waals surface area contributed by atoms with Gasteiger partial charge in [-0.05, 0) is 35.8 Å². The molecule has 0 saturated heterocycles. The minimum atomic E-state index is -0.0233. The summed E-state index contributed by atoms with van der Waals surface area (Å²) < 4.78 is 0.641. The van der Waals surface area contributed by atoms with Crippen molar-refractivity contribution in [2.24, 2.45) is 0 Å². The Bertz CT molecular complexity index is 366. The fourth-order valence-corrected chi connectivity index (χ4v) is 1.68. The molecule has 0 radical (unpaired) electrons. The van der Waals surface area contributed by atoms with Crippen molar-refractivity contribution in [2.45, 2.75) is 13.8 Å². The molecule has 0 fully saturated rings. The fraction of sp³-hybridized carbons (Fsp3) is 0.400. The average Bonchev–Trinajstić information content (AvgIpc) is 2.23. The maximum atomic E-state index is 11.9. The predicted octanol–water partition coefficient (Wildman–Crippen LogP) is 2.98. The minimum absolute atomic E-state index is 0.0233. The summed E-state index contributed by atoms with van der Waals surface area (Å²) in [5.74, 6) is -0.0233. The monoisotopic (exact) mass is 290 g/mol. The van der Waals surface area contributed by atoms with Crippen molar-refractivity contribution in [1.29, 1.82) is 0 Å². The molecule has 15 heavy (non-hydrogen) atoms. The van der Waals surface area contributed by atoms with Gasteiger partial charge in [0.05, 0.1) is 10.0 Å². The molecule has 0 atom stereocenters. The lowest BCUT2D eigenvalue weighted by molar-refractivity contribution is 0.0772. The van der Waals surface area contributed by atoms with E-state index in [-0.39, 0.29) is 5.91 Å². The number of amides is 1. The summed E-state index contributed by atoms with van der Waals surface area (Å²) in [5, 5.41) is 0.367. The normalized spacial score (nSPS) is 10.1. The number of halogens is 2. The Hall–Kier alpha value is -0.610. The molecule has 1 aromatic heterocycles. The van der Waals surface area contributed by atoms with Crippen molar-refractivity contribution in [3.8, 4) is 0 Å². The van der Waals surface area contributed by atoms with Gasteiger partial charge < -0.3 is 4.90 Å². The zero-order valence-electron chi connectivity index (χ0n) is 8.63. The molecule has 1 amide bonds. The van der Waals surface area contributed by atoms with E-state index in [1.165, 1.54) is 6.20 Å². The van der Waals surface area contributed by atoms with Crippen LogP contribution in [-0.2, 0) is 0 Å². The molecule has 0 spiro atoms. The topological polar surface area (TPSA) is 33.2 Å². The lowest BCUT2D eigenvalue weighted by atomic mass is 10.2. The van der Waals surface area contributed by atoms with Crippen LogP contribution in [0.15, 0.2) is 16.7 Å². The second kappa shape index (κ2) is 5.47. The highest BCUT2D eigenvalue weighted by Crippen LogP contribution is 2.21. The molecule has 0 unspecified atom stereocenters. The molecule has 5 heteroatoms. The first kappa shape index (κ1) is 12.5. The first-order valence-electron chi connectivity index (χ1n) is 4.70. The largest absolute Gasteiger partial charge is 0.339 e. The Morgan fingerprint density at radius 2 is 2.13 bits per heavy atom. The van der Waals surface area contributed by atoms with E-state index in [0.29, 0.717) is 28.3 Å². The zero-order chi connectivity index (χ0) is 11.4. The van der Waals surface area contributed by atoms with E-state index in [9.17, 15) is 4.79 Å². The maximum Gasteiger partial charge on any atom is 0.255 e. The summed E-state index contributed by atoms with van der Waals surface area (Å²) in [4.78, 5) is 17.5. The third-order valence-electron chi connectivity index (χ3n) is 2.09. The summed E-state index contributed by atoms with van der Waals surface area (Å²) in [7, 11) is 0. The Balaban J connectivity index is 2.96. The van der Waals surface area contributed by atoms with Gasteiger partial charge in [-0.3, -0.25) is 4.79 Å². The number of carbonyl (C=O) groups excluding carboxylic acids is 1. The third kappa shape index (κ3) is 2.92. The predicted molar refractivity (Wildman–Crippen MR) is 64.2 cm³/mol. The van der Waals surface area contributed by atoms with Gasteiger partial charge in [-0.15, -0.1) is 0 Å². The number of hydrogen-bond acceptors (Lipinski definition) is 2. The lowest BCUT2D eigenvalue weighted by Crippen LogP contribution is -2.30. The van der Waals surface area contributed by atoms with Crippen LogP contribution in [0.3, 0.4) is 0 Å². The van der Waals surface area contributed by atoms with E-state index in [1.807, 2.05) is 13.8 Å². The number of carbonyl (C=O) groups is 1. The molecule has 0 N–H and O–H groups in total. The molecule has 3 nitrogen and oxygen atoms in total. The van der Waals surface area contributed by atoms with Crippen molar-refractivity contribution < 1.29 is 4.79 Å². The molecule has 0 saturated carbocycles. The van der Waals surface area contributed by atoms with Gasteiger partial charge in [-0.25, -0.2) is 4.98 Å². The van der Waals surface area contributed by atoms with E-state index in [4.69, 9.17) is 11.6 Å². The van der Waals surface area contributed by atoms with Gasteiger partial charge >= 0.3 is 0 Å². The van der Waals surface area contributed by atoms with Crippen LogP contribution in [0.5, 0.6) is 0 Å². The fourth-order valence-electron chi connectivity index (χ4n) is 1.23. The standard InChI is InChI=1S/C10H12BrClN2O/c1-3-14(4-2)10(15)7-5-8(11)9(12)13-6-7/h5-6H,3-4H2,1-2H3. The molecule has 0 aliphatic rings. The van der Waals surface area contributed by atoms with Crippen molar-refractivity contribution >= 4 is 33.4 Å². The minimum Gasteiger partial charge on any atom is -0.339 e. The van der Waals surface area contributed by atoms with Gasteiger partial charge in [0.15, 0.2) is 0 Å². The molecule has 0 aromatic carbocycles. The average molecular weight is 292 g/mol. The molecular formula is C10H12BrClN2O. The maximum absolute atomic E-state index is 11.9. The summed E-state index contributed by atoms with van der Waals surface area (Å²) in [6.45, 7) is 5.27. The van der Waals surface area contributed by atoms with Gasteiger partial charge in [-0.1, -0.05) is 11.6 Å². The first-order valence-corrected chi connectivity index (χ1v) is 5.87. The van der Waals surface area contributed by atoms with Crippen LogP contribution >= 0.6 is 27.5 Å². The van der Waals surface area contributed by atoms with Crippen LogP contribution in [-0.4, -0.2) is 28.9 Å². The van der Waals surface area contributed by atoms with Crippen LogP contribution in [0.25, 0.3) is 0 Å². The van der Waals surface area contributed by atoms with Gasteiger partial charge in [0, 0.05) is 19.3 Å². The number of aromatic nitrogens is 1. The second-order valence-electron chi connectivity index (χ2n) is 2.97. The van der Waals surface area contributed by atoms with Crippen molar-refractivity contribution in [3.05, 3.63) is 27.5 Å². The van der Waals surface area contributed by atoms with E-state index in [1.54, 1.807) is 11.0 Å². The van der Waals surface area contributed by atoms with E-state index >= 15 is 0 Å². The van der Waals surface area contributed by atoms with E-state index in [0.717, 1.165) is 0 Å². The smallest absolute Gasteiger partial charge is 0.255 e. The Morgan fingerprint density at radius 1 is 1.53 bits per heavy atom. The van der Waals surface area contributed by atoms with Crippen LogP contribution in [0.1, 0.15) is 24.2 Å². The highest BCUT2D eigenvalue weighted by atomic mass is 79.9. The third-order valence-corrected chi connectivity index (χ3v) is 3.23. The van der Waals surface area contributed by atoms with Crippen LogP contribution in [0, 0.1) is 0 Å². The van der Waals surface area contributed by atoms with Gasteiger partial charge in [0.25, 0.3) is 5.91 Å². The van der Waals surface area contributed by atoms with Gasteiger partial charge in [0.1, 0.15) is 5.15 Å². The molecule has 1 aromatic rings. The molecule has 1 heterocycles. The Morgan fingerprint density at radius 3 is 2.60 bits per heavy atom. The van der Waals surface area contributed by atoms with Crippen molar-refractivity contribution in [1.82, 2.24) is 9.88 Å². The zero-order valence-corrected chi connectivity index (χ0v) is 11.0. The number of pyridine rings is 1. The summed E-state index contributed by atoms with van der Waals surface area (Å²) in [5.41, 5.74) is 0.551. The lowest BCUT2D eigenvalue weighted by Gasteiger charge is -2.18. The SMILES string of the molecule is CCN(CC)C(=O)c1cnc(Cl)c(Br)c1. The van der Waals surface area contributed by atoms with Crippen molar-refractivity contribution in [3.63, 3.8) is 0 Å². The molecular weight excluding hydrogens is 279 g/mol. The molecule has 0 aliphatic carbocycles. The van der Waals surface area contributed by atoms with Crippen LogP contribution in [0.4, 0.5) is 0 Å². The van der Waals surface area contributed by atoms with Gasteiger partial charge in [0.2, 0.25) is 0 Å². The first-order chi connectivity index (χ1) is 7.10. The van der Waals surface area contributed by atoms with Crippen molar-refractivity contribution in [2.75, 3.05) is 13.1 Å². The van der Waals surface area contributed by atoms with E-state index in [2.05, 4.69) is 20.9 Å². The molecule has 0 bridgehead atoms. The number of nitrogens with zero attached hydrogens (tertiary/aromatic N) is 2. The second-order valence-corrected chi connectivity index (χ2v) is 4.19. The quantitative estimate of drug-likeness (QED) is 0.802. The highest BCUT2D eigenvalue weighted by Gasteiger charge is 2.13. The Labute approximate surface area is 103 Å². The van der Waals surface area contributed by atoms with Crippen LogP contribution in [0.2, 0.25) is 5.15 Å². The molecule has 1 rings (SSSR count).